The maximum absolute atomic E-state index is 12.6. The summed E-state index contributed by atoms with van der Waals surface area (Å²) in [6, 6.07) is 2.90. The lowest BCUT2D eigenvalue weighted by atomic mass is 9.96. The second kappa shape index (κ2) is 60.5. The molecule has 0 saturated carbocycles. The Bertz CT molecular complexity index is 2850. The Balaban J connectivity index is 0. The second-order valence-corrected chi connectivity index (χ2v) is 30.0. The van der Waals surface area contributed by atoms with Gasteiger partial charge in [-0.05, 0) is 167 Å². The Labute approximate surface area is 643 Å². The molecule has 1 heterocycles. The molecule has 29 nitrogen and oxygen atoms in total. The van der Waals surface area contributed by atoms with Gasteiger partial charge in [0.2, 0.25) is 41.0 Å². The number of rotatable bonds is 54. The molecular formula is C77H139ClN12O17. The van der Waals surface area contributed by atoms with Gasteiger partial charge in [0, 0.05) is 126 Å². The van der Waals surface area contributed by atoms with E-state index in [1.54, 1.807) is 13.0 Å². The molecule has 0 bridgehead atoms. The number of nitro groups is 1. The summed E-state index contributed by atoms with van der Waals surface area (Å²) in [4.78, 5) is 132. The Morgan fingerprint density at radius 3 is 0.944 bits per heavy atom. The fourth-order valence-corrected chi connectivity index (χ4v) is 10.9. The van der Waals surface area contributed by atoms with Gasteiger partial charge in [-0.3, -0.25) is 48.5 Å². The number of carbonyl (C=O) groups is 10. The van der Waals surface area contributed by atoms with E-state index in [1.165, 1.54) is 12.4 Å². The van der Waals surface area contributed by atoms with Crippen LogP contribution in [-0.4, -0.2) is 168 Å². The van der Waals surface area contributed by atoms with Crippen molar-refractivity contribution in [1.29, 1.82) is 0 Å². The zero-order valence-corrected chi connectivity index (χ0v) is 68.5. The predicted molar refractivity (Wildman–Crippen MR) is 419 cm³/mol. The summed E-state index contributed by atoms with van der Waals surface area (Å²) in [6.07, 6.45) is 20.4. The first-order valence-electron chi connectivity index (χ1n) is 38.9. The predicted octanol–water partition coefficient (Wildman–Crippen LogP) is 12.6. The van der Waals surface area contributed by atoms with Crippen LogP contribution in [0.5, 0.6) is 0 Å². The average molecular weight is 1540 g/mol. The molecule has 0 aliphatic heterocycles. The number of fused-ring (bicyclic) bond motifs is 1. The zero-order valence-electron chi connectivity index (χ0n) is 67.8. The van der Waals surface area contributed by atoms with Crippen molar-refractivity contribution in [2.24, 2.45) is 47.3 Å². The van der Waals surface area contributed by atoms with Gasteiger partial charge in [0.05, 0.1) is 16.5 Å². The molecule has 0 spiro atoms. The summed E-state index contributed by atoms with van der Waals surface area (Å²) in [5.41, 5.74) is -0.309. The van der Waals surface area contributed by atoms with Crippen LogP contribution in [0.1, 0.15) is 264 Å². The number of carbonyl (C=O) groups excluding carboxylic acids is 9. The number of nitrogens with one attached hydrogen (secondary N) is 9. The van der Waals surface area contributed by atoms with Crippen LogP contribution in [0.4, 0.5) is 21.0 Å². The fourth-order valence-electron chi connectivity index (χ4n) is 10.9. The van der Waals surface area contributed by atoms with Gasteiger partial charge < -0.3 is 67.5 Å². The van der Waals surface area contributed by atoms with Crippen LogP contribution >= 0.6 is 11.6 Å². The number of aromatic nitrogens is 2. The number of Topliss-reactive ketones (excluding diaryl/α,β-unsaturated/α-hetero) is 1. The summed E-state index contributed by atoms with van der Waals surface area (Å²) >= 11 is 4.64. The smallest absolute Gasteiger partial charge is 0.407 e. The number of non-ortho nitro benzene ring substituents is 1. The standard InChI is InChI=1S/C42H70N8O9.C33H62N4O7.CH3Cl.CH4O/c1-29(35(51)21-16-28-43-33-22-23-34(50(56)57)37-36(33)48-59-49-37)17-8-12-24-44-38(52)30(2)18-9-13-25-45-39(53)31(3)19-10-14-26-46-40(54)32(4)20-11-15-27-47-41(55)58-42(5,6)7;1-24(16-8-13-21-35-30(40)26(3)18-10-15-23-37-32(43)44-33(5,6)7)28(38)34-20-12-9-17-25(2)29(39)36-22-14-11-19-27(4)31(41)42;2*1-2/h22-23,29-32,43H,8-21,24-28H2,1-7H3,(H,44,52)(H,45,53)(H,46,54)(H,47,55);24-27H,8-23H2,1-7H3,(H,34,38)(H,35,40)(H,36,39)(H,37,43)(H,41,42);1H3;2H,1H3/t29-,30-,31-,32-;24-,25-,26-,27-;;/m00../s1. The van der Waals surface area contributed by atoms with E-state index in [0.29, 0.717) is 83.9 Å². The van der Waals surface area contributed by atoms with Crippen molar-refractivity contribution in [2.45, 2.75) is 275 Å². The Morgan fingerprint density at radius 2 is 0.673 bits per heavy atom. The Morgan fingerprint density at radius 1 is 0.411 bits per heavy atom. The highest BCUT2D eigenvalue weighted by molar-refractivity contribution is 6.15. The van der Waals surface area contributed by atoms with E-state index in [2.05, 4.69) is 74.4 Å². The Kier molecular flexibility index (Phi) is 57.4. The number of aliphatic hydroxyl groups excluding tert-OH is 1. The van der Waals surface area contributed by atoms with Gasteiger partial charge in [-0.1, -0.05) is 107 Å². The number of amides is 8. The molecule has 107 heavy (non-hydrogen) atoms. The highest BCUT2D eigenvalue weighted by Crippen LogP contribution is 2.29. The topological polar surface area (TPSA) is 420 Å². The number of aliphatic hydroxyl groups is 1. The number of ether oxygens (including phenoxy) is 2. The number of alkyl carbamates (subject to hydrolysis) is 2. The zero-order chi connectivity index (χ0) is 81.3. The van der Waals surface area contributed by atoms with Crippen LogP contribution in [0.2, 0.25) is 0 Å². The van der Waals surface area contributed by atoms with Crippen LogP contribution in [0.15, 0.2) is 16.8 Å². The quantitative estimate of drug-likeness (QED) is 0.0127. The van der Waals surface area contributed by atoms with Gasteiger partial charge in [0.1, 0.15) is 17.0 Å². The van der Waals surface area contributed by atoms with Crippen molar-refractivity contribution in [3.05, 3.63) is 22.2 Å². The molecule has 1 aromatic heterocycles. The summed E-state index contributed by atoms with van der Waals surface area (Å²) < 4.78 is 15.1. The van der Waals surface area contributed by atoms with E-state index in [9.17, 15) is 58.1 Å². The second-order valence-electron chi connectivity index (χ2n) is 30.0. The lowest BCUT2D eigenvalue weighted by molar-refractivity contribution is -0.383. The van der Waals surface area contributed by atoms with Gasteiger partial charge in [-0.25, -0.2) is 14.2 Å². The van der Waals surface area contributed by atoms with E-state index in [1.807, 2.05) is 90.0 Å². The summed E-state index contributed by atoms with van der Waals surface area (Å²) in [6.45, 7) is 31.0. The number of ketones is 1. The monoisotopic (exact) mass is 1540 g/mol. The SMILES string of the molecule is CCl.CO.C[C@@H](CCCCNC(=O)[C@@H](C)CCCCNC(=O)[C@@H](C)CCCCNC(=O)[C@@H](C)CCCCNC(=O)OC(C)(C)C)C(=O)CCCNc1ccc([N+](=O)[O-])c2nonc12.C[C@@H](CCCCNC(=O)[C@@H](C)CCCCNC(=O)[C@@H](C)CCCCNC(=O)[C@@H](C)CCCCNC(=O)OC(C)(C)C)C(=O)O. The number of alkyl halides is 1. The number of unbranched alkanes of at least 4 members (excludes halogenated alkanes) is 8. The minimum atomic E-state index is -0.784. The van der Waals surface area contributed by atoms with Crippen molar-refractivity contribution in [3.63, 3.8) is 0 Å². The summed E-state index contributed by atoms with van der Waals surface area (Å²) in [5, 5.41) is 61.0. The summed E-state index contributed by atoms with van der Waals surface area (Å²) in [7, 11) is 1.00. The molecule has 0 fully saturated rings. The molecule has 8 atom stereocenters. The number of nitro benzene ring substituents is 1. The van der Waals surface area contributed by atoms with E-state index < -0.39 is 34.3 Å². The van der Waals surface area contributed by atoms with Crippen molar-refractivity contribution < 1.29 is 77.2 Å². The van der Waals surface area contributed by atoms with E-state index >= 15 is 0 Å². The van der Waals surface area contributed by atoms with Gasteiger partial charge in [0.25, 0.3) is 0 Å². The number of anilines is 1. The lowest BCUT2D eigenvalue weighted by Crippen LogP contribution is -2.33. The van der Waals surface area contributed by atoms with Crippen molar-refractivity contribution in [2.75, 3.05) is 77.7 Å². The molecule has 0 saturated heterocycles. The molecule has 0 unspecified atom stereocenters. The molecule has 11 N–H and O–H groups in total. The number of hydrogen-bond acceptors (Lipinski definition) is 19. The number of carboxylic acids is 1. The molecule has 616 valence electrons. The Hall–Kier alpha value is -7.43. The summed E-state index contributed by atoms with van der Waals surface area (Å²) in [5.74, 6) is -1.54. The van der Waals surface area contributed by atoms with Gasteiger partial charge in [-0.2, -0.15) is 0 Å². The minimum absolute atomic E-state index is 0.0151. The number of nitrogens with zero attached hydrogens (tertiary/aromatic N) is 3. The number of hydrogen-bond donors (Lipinski definition) is 11. The van der Waals surface area contributed by atoms with Gasteiger partial charge in [0.15, 0.2) is 5.52 Å². The molecular weight excluding hydrogens is 1400 g/mol. The number of benzene rings is 1. The first-order valence-corrected chi connectivity index (χ1v) is 39.7. The van der Waals surface area contributed by atoms with Crippen LogP contribution in [0, 0.1) is 57.5 Å². The van der Waals surface area contributed by atoms with Crippen LogP contribution < -0.4 is 47.9 Å². The van der Waals surface area contributed by atoms with Gasteiger partial charge >= 0.3 is 23.8 Å². The van der Waals surface area contributed by atoms with Crippen LogP contribution in [0.3, 0.4) is 0 Å². The normalized spacial score (nSPS) is 13.3. The molecule has 8 amide bonds. The number of carboxylic acid groups (broad SMARTS) is 1. The van der Waals surface area contributed by atoms with E-state index in [0.717, 1.165) is 155 Å². The molecule has 1 aromatic carbocycles. The highest BCUT2D eigenvalue weighted by atomic mass is 35.5. The maximum atomic E-state index is 12.6. The average Bonchev–Trinajstić information content (AvgIpc) is 1.65. The third kappa shape index (κ3) is 52.3. The van der Waals surface area contributed by atoms with Crippen molar-refractivity contribution in [1.82, 2.24) is 52.8 Å². The molecule has 30 heteroatoms. The first kappa shape index (κ1) is 102. The molecule has 2 aromatic rings. The fraction of sp³-hybridized carbons (Fsp3) is 0.792. The highest BCUT2D eigenvalue weighted by Gasteiger charge is 2.23. The first-order chi connectivity index (χ1) is 50.6. The molecule has 0 aliphatic carbocycles. The molecule has 2 rings (SSSR count). The maximum Gasteiger partial charge on any atom is 0.407 e. The molecule has 0 aliphatic rings. The lowest BCUT2D eigenvalue weighted by Gasteiger charge is -2.19. The largest absolute Gasteiger partial charge is 0.481 e. The third-order valence-electron chi connectivity index (χ3n) is 17.8. The van der Waals surface area contributed by atoms with Crippen molar-refractivity contribution in [3.8, 4) is 0 Å². The van der Waals surface area contributed by atoms with E-state index in [-0.39, 0.29) is 105 Å². The minimum Gasteiger partial charge on any atom is -0.481 e. The van der Waals surface area contributed by atoms with Crippen LogP contribution in [-0.2, 0) is 47.8 Å². The molecule has 0 radical (unpaired) electrons. The third-order valence-corrected chi connectivity index (χ3v) is 17.8. The van der Waals surface area contributed by atoms with Gasteiger partial charge in [-0.15, -0.1) is 11.6 Å². The van der Waals surface area contributed by atoms with E-state index in [4.69, 9.17) is 19.7 Å². The van der Waals surface area contributed by atoms with Crippen LogP contribution in [0.25, 0.3) is 11.0 Å². The number of aliphatic carboxylic acids is 1. The number of halogens is 1. The van der Waals surface area contributed by atoms with Crippen molar-refractivity contribution >= 4 is 93.4 Å².